The molecule has 1 saturated heterocycles. The Labute approximate surface area is 91.0 Å². The molecule has 0 aromatic carbocycles. The first kappa shape index (κ1) is 12.8. The zero-order chi connectivity index (χ0) is 11.3. The number of alkyl halides is 2. The molecular weight excluding hydrogens is 198 g/mol. The lowest BCUT2D eigenvalue weighted by Gasteiger charge is -2.35. The Morgan fingerprint density at radius 3 is 2.80 bits per heavy atom. The topological polar surface area (TPSA) is 15.3 Å². The first-order valence-corrected chi connectivity index (χ1v) is 5.87. The number of hydrogen-bond donors (Lipinski definition) is 1. The molecule has 1 aliphatic heterocycles. The number of halogens is 2. The molecule has 1 aliphatic rings. The second-order valence-corrected chi connectivity index (χ2v) is 4.40. The van der Waals surface area contributed by atoms with Crippen molar-refractivity contribution in [2.45, 2.75) is 39.2 Å². The number of likely N-dealkylation sites (tertiary alicyclic amines) is 1. The van der Waals surface area contributed by atoms with Gasteiger partial charge in [-0.15, -0.1) is 0 Å². The van der Waals surface area contributed by atoms with Crippen LogP contribution in [0.4, 0.5) is 8.78 Å². The molecule has 15 heavy (non-hydrogen) atoms. The van der Waals surface area contributed by atoms with Crippen LogP contribution in [0.1, 0.15) is 26.7 Å². The van der Waals surface area contributed by atoms with Crippen LogP contribution in [0.3, 0.4) is 0 Å². The minimum absolute atomic E-state index is 0.0602. The van der Waals surface area contributed by atoms with Crippen molar-refractivity contribution >= 4 is 0 Å². The Kier molecular flexibility index (Phi) is 5.47. The van der Waals surface area contributed by atoms with Crippen LogP contribution in [0.2, 0.25) is 0 Å². The highest BCUT2D eigenvalue weighted by molar-refractivity contribution is 4.80. The summed E-state index contributed by atoms with van der Waals surface area (Å²) in [5.74, 6) is 0.525. The van der Waals surface area contributed by atoms with Gasteiger partial charge >= 0.3 is 0 Å². The molecule has 1 heterocycles. The molecule has 0 amide bonds. The molecule has 0 saturated carbocycles. The van der Waals surface area contributed by atoms with E-state index >= 15 is 0 Å². The van der Waals surface area contributed by atoms with E-state index in [-0.39, 0.29) is 6.54 Å². The van der Waals surface area contributed by atoms with Crippen molar-refractivity contribution in [1.82, 2.24) is 10.2 Å². The lowest BCUT2D eigenvalue weighted by atomic mass is 9.91. The molecule has 0 aliphatic carbocycles. The molecule has 4 heteroatoms. The molecule has 1 N–H and O–H groups in total. The van der Waals surface area contributed by atoms with E-state index in [4.69, 9.17) is 0 Å². The van der Waals surface area contributed by atoms with Crippen molar-refractivity contribution in [3.63, 3.8) is 0 Å². The van der Waals surface area contributed by atoms with Crippen LogP contribution in [-0.2, 0) is 0 Å². The van der Waals surface area contributed by atoms with E-state index < -0.39 is 6.43 Å². The van der Waals surface area contributed by atoms with Gasteiger partial charge in [0, 0.05) is 12.6 Å². The number of nitrogens with zero attached hydrogens (tertiary/aromatic N) is 1. The second-order valence-electron chi connectivity index (χ2n) is 4.40. The monoisotopic (exact) mass is 220 g/mol. The Balaban J connectivity index is 2.34. The van der Waals surface area contributed by atoms with Crippen LogP contribution in [0.5, 0.6) is 0 Å². The molecule has 0 spiro atoms. The number of rotatable bonds is 5. The van der Waals surface area contributed by atoms with Gasteiger partial charge in [0.25, 0.3) is 6.43 Å². The summed E-state index contributed by atoms with van der Waals surface area (Å²) < 4.78 is 24.5. The molecule has 1 fully saturated rings. The van der Waals surface area contributed by atoms with Crippen molar-refractivity contribution in [3.8, 4) is 0 Å². The Bertz CT molecular complexity index is 176. The Hall–Kier alpha value is -0.220. The highest BCUT2D eigenvalue weighted by Crippen LogP contribution is 2.20. The van der Waals surface area contributed by atoms with Crippen LogP contribution in [0, 0.1) is 5.92 Å². The fourth-order valence-electron chi connectivity index (χ4n) is 2.35. The van der Waals surface area contributed by atoms with Crippen molar-refractivity contribution in [1.29, 1.82) is 0 Å². The molecule has 0 aromatic rings. The van der Waals surface area contributed by atoms with Gasteiger partial charge in [-0.25, -0.2) is 8.78 Å². The summed E-state index contributed by atoms with van der Waals surface area (Å²) in [7, 11) is 0. The summed E-state index contributed by atoms with van der Waals surface area (Å²) >= 11 is 0. The quantitative estimate of drug-likeness (QED) is 0.762. The summed E-state index contributed by atoms with van der Waals surface area (Å²) in [6, 6.07) is 0.440. The molecule has 2 nitrogen and oxygen atoms in total. The molecule has 0 aromatic heterocycles. The van der Waals surface area contributed by atoms with Gasteiger partial charge in [0.15, 0.2) is 0 Å². The average molecular weight is 220 g/mol. The summed E-state index contributed by atoms with van der Waals surface area (Å²) in [5.41, 5.74) is 0. The largest absolute Gasteiger partial charge is 0.314 e. The zero-order valence-electron chi connectivity index (χ0n) is 9.68. The summed E-state index contributed by atoms with van der Waals surface area (Å²) in [5, 5.41) is 3.37. The highest BCUT2D eigenvalue weighted by atomic mass is 19.3. The van der Waals surface area contributed by atoms with Crippen molar-refractivity contribution in [2.24, 2.45) is 5.92 Å². The maximum Gasteiger partial charge on any atom is 0.251 e. The van der Waals surface area contributed by atoms with E-state index in [1.165, 1.54) is 0 Å². The van der Waals surface area contributed by atoms with Crippen LogP contribution < -0.4 is 5.32 Å². The molecule has 1 rings (SSSR count). The maximum atomic E-state index is 12.2. The van der Waals surface area contributed by atoms with Crippen molar-refractivity contribution in [3.05, 3.63) is 0 Å². The third kappa shape index (κ3) is 4.43. The molecule has 2 unspecified atom stereocenters. The van der Waals surface area contributed by atoms with Crippen LogP contribution in [-0.4, -0.2) is 43.5 Å². The summed E-state index contributed by atoms with van der Waals surface area (Å²) in [6.07, 6.45) is 0.0132. The fraction of sp³-hybridized carbons (Fsp3) is 1.00. The van der Waals surface area contributed by atoms with Gasteiger partial charge in [-0.05, 0) is 38.8 Å². The first-order chi connectivity index (χ1) is 7.13. The van der Waals surface area contributed by atoms with E-state index in [1.807, 2.05) is 4.90 Å². The van der Waals surface area contributed by atoms with Crippen LogP contribution in [0.15, 0.2) is 0 Å². The van der Waals surface area contributed by atoms with Crippen molar-refractivity contribution < 1.29 is 8.78 Å². The van der Waals surface area contributed by atoms with Gasteiger partial charge in [-0.2, -0.15) is 0 Å². The average Bonchev–Trinajstić information content (AvgIpc) is 2.17. The van der Waals surface area contributed by atoms with E-state index in [0.29, 0.717) is 12.0 Å². The molecule has 90 valence electrons. The standard InChI is InChI=1S/C11H22F2N2/c1-3-14-9(2)10-5-4-6-15(7-10)8-11(12)13/h9-11,14H,3-8H2,1-2H3. The van der Waals surface area contributed by atoms with E-state index in [2.05, 4.69) is 19.2 Å². The zero-order valence-corrected chi connectivity index (χ0v) is 9.68. The SMILES string of the molecule is CCNC(C)C1CCCN(CC(F)F)C1. The number of hydrogen-bond acceptors (Lipinski definition) is 2. The summed E-state index contributed by atoms with van der Waals surface area (Å²) in [6.45, 7) is 6.77. The van der Waals surface area contributed by atoms with Gasteiger partial charge in [-0.3, -0.25) is 4.90 Å². The lowest BCUT2D eigenvalue weighted by Crippen LogP contribution is -2.45. The Morgan fingerprint density at radius 2 is 2.20 bits per heavy atom. The van der Waals surface area contributed by atoms with Crippen LogP contribution in [0.25, 0.3) is 0 Å². The third-order valence-electron chi connectivity index (χ3n) is 3.17. The van der Waals surface area contributed by atoms with E-state index in [0.717, 1.165) is 32.5 Å². The molecule has 2 atom stereocenters. The smallest absolute Gasteiger partial charge is 0.251 e. The summed E-state index contributed by atoms with van der Waals surface area (Å²) in [4.78, 5) is 1.90. The molecule has 0 bridgehead atoms. The maximum absolute atomic E-state index is 12.2. The second kappa shape index (κ2) is 6.38. The number of nitrogens with one attached hydrogen (secondary N) is 1. The third-order valence-corrected chi connectivity index (χ3v) is 3.17. The van der Waals surface area contributed by atoms with E-state index in [1.54, 1.807) is 0 Å². The van der Waals surface area contributed by atoms with Crippen LogP contribution >= 0.6 is 0 Å². The minimum atomic E-state index is -2.20. The van der Waals surface area contributed by atoms with Gasteiger partial charge in [0.05, 0.1) is 6.54 Å². The lowest BCUT2D eigenvalue weighted by molar-refractivity contribution is 0.0592. The highest BCUT2D eigenvalue weighted by Gasteiger charge is 2.25. The normalized spacial score (nSPS) is 25.8. The van der Waals surface area contributed by atoms with Gasteiger partial charge in [0.1, 0.15) is 0 Å². The molecule has 0 radical (unpaired) electrons. The Morgan fingerprint density at radius 1 is 1.47 bits per heavy atom. The molecular formula is C11H22F2N2. The first-order valence-electron chi connectivity index (χ1n) is 5.87. The predicted molar refractivity (Wildman–Crippen MR) is 58.3 cm³/mol. The predicted octanol–water partition coefficient (Wildman–Crippen LogP) is 1.96. The van der Waals surface area contributed by atoms with E-state index in [9.17, 15) is 8.78 Å². The van der Waals surface area contributed by atoms with Gasteiger partial charge in [0.2, 0.25) is 0 Å². The minimum Gasteiger partial charge on any atom is -0.314 e. The fourth-order valence-corrected chi connectivity index (χ4v) is 2.35. The van der Waals surface area contributed by atoms with Gasteiger partial charge in [-0.1, -0.05) is 6.92 Å². The van der Waals surface area contributed by atoms with Gasteiger partial charge < -0.3 is 5.32 Å². The van der Waals surface area contributed by atoms with Crippen molar-refractivity contribution in [2.75, 3.05) is 26.2 Å². The number of piperidine rings is 1.